The van der Waals surface area contributed by atoms with E-state index in [9.17, 15) is 8.78 Å². The average Bonchev–Trinajstić information content (AvgIpc) is 2.85. The number of likely N-dealkylation sites (tertiary alicyclic amines) is 1. The van der Waals surface area contributed by atoms with Gasteiger partial charge in [-0.25, -0.2) is 8.78 Å². The van der Waals surface area contributed by atoms with Crippen LogP contribution < -0.4 is 9.47 Å². The fourth-order valence-corrected chi connectivity index (χ4v) is 4.78. The second-order valence-electron chi connectivity index (χ2n) is 8.85. The maximum atomic E-state index is 14.8. The maximum absolute atomic E-state index is 14.8. The van der Waals surface area contributed by atoms with E-state index in [4.69, 9.17) is 9.47 Å². The average molecular weight is 460 g/mol. The van der Waals surface area contributed by atoms with E-state index in [1.165, 1.54) is 23.8 Å². The van der Waals surface area contributed by atoms with Crippen molar-refractivity contribution < 1.29 is 18.3 Å². The second-order valence-corrected chi connectivity index (χ2v) is 8.85. The molecule has 1 spiro atoms. The molecule has 1 saturated heterocycles. The summed E-state index contributed by atoms with van der Waals surface area (Å²) in [5, 5.41) is 0. The summed E-state index contributed by atoms with van der Waals surface area (Å²) in [5.41, 5.74) is 2.86. The quantitative estimate of drug-likeness (QED) is 0.399. The number of ether oxygens (including phenoxy) is 2. The molecule has 2 aliphatic heterocycles. The van der Waals surface area contributed by atoms with Crippen LogP contribution in [0, 0.1) is 11.6 Å². The lowest BCUT2D eigenvalue weighted by Gasteiger charge is -2.43. The van der Waals surface area contributed by atoms with Gasteiger partial charge in [-0.15, -0.1) is 0 Å². The van der Waals surface area contributed by atoms with Crippen LogP contribution in [0.2, 0.25) is 0 Å². The van der Waals surface area contributed by atoms with E-state index in [1.54, 1.807) is 0 Å². The summed E-state index contributed by atoms with van der Waals surface area (Å²) in [4.78, 5) is 2.42. The zero-order chi connectivity index (χ0) is 23.5. The number of nitrogens with zero attached hydrogens (tertiary/aromatic N) is 1. The summed E-state index contributed by atoms with van der Waals surface area (Å²) in [6.07, 6.45) is 5.11. The number of fused-ring (bicyclic) bond motifs is 1. The zero-order valence-corrected chi connectivity index (χ0v) is 19.0. The number of piperidine rings is 1. The number of halogens is 2. The summed E-state index contributed by atoms with van der Waals surface area (Å²) in [7, 11) is 0. The summed E-state index contributed by atoms with van der Waals surface area (Å²) in [6.45, 7) is 6.21. The molecule has 0 radical (unpaired) electrons. The molecular formula is C29H27F2NO2. The lowest BCUT2D eigenvalue weighted by atomic mass is 9.82. The number of hydrogen-bond donors (Lipinski definition) is 0. The standard InChI is InChI=1S/C29H27F2NO2/c1-2-16-33-28-25(30)17-22(18-26(28)31)24-19-29(34-27-11-7-6-10-23(24)27)12-14-32(15-13-29)20-21-8-4-3-5-9-21/h2-11,17-19H,1,12-16,20H2. The number of hydrogen-bond acceptors (Lipinski definition) is 3. The molecule has 0 aromatic heterocycles. The van der Waals surface area contributed by atoms with Crippen molar-refractivity contribution in [1.29, 1.82) is 0 Å². The van der Waals surface area contributed by atoms with Gasteiger partial charge in [-0.1, -0.05) is 61.2 Å². The number of rotatable bonds is 6. The molecular weight excluding hydrogens is 432 g/mol. The molecule has 3 nitrogen and oxygen atoms in total. The van der Waals surface area contributed by atoms with Gasteiger partial charge in [-0.05, 0) is 41.0 Å². The molecule has 2 aliphatic rings. The number of benzene rings is 3. The fourth-order valence-electron chi connectivity index (χ4n) is 4.78. The van der Waals surface area contributed by atoms with E-state index in [0.29, 0.717) is 5.56 Å². The topological polar surface area (TPSA) is 21.7 Å². The lowest BCUT2D eigenvalue weighted by molar-refractivity contribution is 0.0356. The van der Waals surface area contributed by atoms with Crippen LogP contribution in [0.15, 0.2) is 85.5 Å². The third-order valence-corrected chi connectivity index (χ3v) is 6.50. The van der Waals surface area contributed by atoms with Crippen molar-refractivity contribution in [2.45, 2.75) is 25.0 Å². The predicted octanol–water partition coefficient (Wildman–Crippen LogP) is 6.39. The van der Waals surface area contributed by atoms with Crippen molar-refractivity contribution in [3.8, 4) is 11.5 Å². The predicted molar refractivity (Wildman–Crippen MR) is 130 cm³/mol. The maximum Gasteiger partial charge on any atom is 0.191 e. The molecule has 5 rings (SSSR count). The Labute approximate surface area is 198 Å². The Bertz CT molecular complexity index is 1190. The second kappa shape index (κ2) is 9.43. The normalized spacial score (nSPS) is 16.9. The Morgan fingerprint density at radius 2 is 1.65 bits per heavy atom. The summed E-state index contributed by atoms with van der Waals surface area (Å²) in [6, 6.07) is 20.8. The Balaban J connectivity index is 1.45. The summed E-state index contributed by atoms with van der Waals surface area (Å²) in [5.74, 6) is -1.10. The first-order valence-corrected chi connectivity index (χ1v) is 11.6. The van der Waals surface area contributed by atoms with Gasteiger partial charge in [0.2, 0.25) is 0 Å². The van der Waals surface area contributed by atoms with Gasteiger partial charge in [0.25, 0.3) is 0 Å². The Hall–Kier alpha value is -3.44. The van der Waals surface area contributed by atoms with Crippen molar-refractivity contribution in [2.24, 2.45) is 0 Å². The van der Waals surface area contributed by atoms with Crippen LogP contribution in [0.5, 0.6) is 11.5 Å². The molecule has 3 aromatic carbocycles. The van der Waals surface area contributed by atoms with Gasteiger partial charge in [0.1, 0.15) is 18.0 Å². The molecule has 0 bridgehead atoms. The van der Waals surface area contributed by atoms with Gasteiger partial charge in [0.15, 0.2) is 17.4 Å². The van der Waals surface area contributed by atoms with Gasteiger partial charge >= 0.3 is 0 Å². The van der Waals surface area contributed by atoms with Crippen LogP contribution in [0.25, 0.3) is 5.57 Å². The van der Waals surface area contributed by atoms with Crippen LogP contribution >= 0.6 is 0 Å². The molecule has 0 aliphatic carbocycles. The van der Waals surface area contributed by atoms with Crippen molar-refractivity contribution in [2.75, 3.05) is 19.7 Å². The molecule has 0 N–H and O–H groups in total. The van der Waals surface area contributed by atoms with E-state index in [1.807, 2.05) is 30.3 Å². The van der Waals surface area contributed by atoms with Crippen LogP contribution in [0.4, 0.5) is 8.78 Å². The summed E-state index contributed by atoms with van der Waals surface area (Å²) < 4.78 is 41.3. The highest BCUT2D eigenvalue weighted by atomic mass is 19.1. The first-order valence-electron chi connectivity index (χ1n) is 11.6. The molecule has 2 heterocycles. The number of para-hydroxylation sites is 1. The van der Waals surface area contributed by atoms with Crippen LogP contribution in [0.3, 0.4) is 0 Å². The Morgan fingerprint density at radius 3 is 2.35 bits per heavy atom. The van der Waals surface area contributed by atoms with Crippen LogP contribution in [-0.4, -0.2) is 30.2 Å². The Morgan fingerprint density at radius 1 is 0.971 bits per heavy atom. The summed E-state index contributed by atoms with van der Waals surface area (Å²) >= 11 is 0. The van der Waals surface area contributed by atoms with Crippen molar-refractivity contribution in [1.82, 2.24) is 4.90 Å². The molecule has 0 amide bonds. The van der Waals surface area contributed by atoms with E-state index in [2.05, 4.69) is 41.8 Å². The molecule has 0 atom stereocenters. The highest BCUT2D eigenvalue weighted by Gasteiger charge is 2.39. The minimum absolute atomic E-state index is 0.0369. The first kappa shape index (κ1) is 22.4. The molecule has 0 unspecified atom stereocenters. The highest BCUT2D eigenvalue weighted by Crippen LogP contribution is 2.44. The highest BCUT2D eigenvalue weighted by molar-refractivity contribution is 5.85. The molecule has 1 fully saturated rings. The molecule has 0 saturated carbocycles. The minimum atomic E-state index is -0.728. The van der Waals surface area contributed by atoms with E-state index < -0.39 is 17.2 Å². The lowest BCUT2D eigenvalue weighted by Crippen LogP contribution is -2.47. The van der Waals surface area contributed by atoms with E-state index in [-0.39, 0.29) is 12.4 Å². The Kier molecular flexibility index (Phi) is 6.20. The first-order chi connectivity index (χ1) is 16.6. The van der Waals surface area contributed by atoms with Gasteiger partial charge in [-0.2, -0.15) is 0 Å². The van der Waals surface area contributed by atoms with Gasteiger partial charge in [0, 0.05) is 38.0 Å². The van der Waals surface area contributed by atoms with E-state index in [0.717, 1.165) is 49.4 Å². The SMILES string of the molecule is C=CCOc1c(F)cc(C2=CC3(CCN(Cc4ccccc4)CC3)Oc3ccccc32)cc1F. The van der Waals surface area contributed by atoms with Crippen molar-refractivity contribution in [3.05, 3.63) is 114 Å². The van der Waals surface area contributed by atoms with Crippen molar-refractivity contribution >= 4 is 5.57 Å². The minimum Gasteiger partial charge on any atom is -0.483 e. The third kappa shape index (κ3) is 4.48. The van der Waals surface area contributed by atoms with Gasteiger partial charge in [-0.3, -0.25) is 4.90 Å². The van der Waals surface area contributed by atoms with Crippen LogP contribution in [-0.2, 0) is 6.54 Å². The zero-order valence-electron chi connectivity index (χ0n) is 19.0. The smallest absolute Gasteiger partial charge is 0.191 e. The molecule has 5 heteroatoms. The third-order valence-electron chi connectivity index (χ3n) is 6.50. The fraction of sp³-hybridized carbons (Fsp3) is 0.241. The van der Waals surface area contributed by atoms with E-state index >= 15 is 0 Å². The largest absolute Gasteiger partial charge is 0.483 e. The van der Waals surface area contributed by atoms with Gasteiger partial charge < -0.3 is 9.47 Å². The van der Waals surface area contributed by atoms with Crippen molar-refractivity contribution in [3.63, 3.8) is 0 Å². The molecule has 34 heavy (non-hydrogen) atoms. The van der Waals surface area contributed by atoms with Gasteiger partial charge in [0.05, 0.1) is 0 Å². The van der Waals surface area contributed by atoms with Crippen LogP contribution in [0.1, 0.15) is 29.5 Å². The molecule has 174 valence electrons. The monoisotopic (exact) mass is 459 g/mol. The molecule has 3 aromatic rings.